The van der Waals surface area contributed by atoms with Gasteiger partial charge < -0.3 is 10.4 Å². The molecule has 0 aliphatic heterocycles. The van der Waals surface area contributed by atoms with Crippen molar-refractivity contribution in [3.8, 4) is 0 Å². The quantitative estimate of drug-likeness (QED) is 0.595. The highest BCUT2D eigenvalue weighted by atomic mass is 35.5. The highest BCUT2D eigenvalue weighted by molar-refractivity contribution is 6.32. The van der Waals surface area contributed by atoms with E-state index in [4.69, 9.17) is 16.7 Å². The second-order valence-electron chi connectivity index (χ2n) is 5.17. The first-order valence-corrected chi connectivity index (χ1v) is 7.70. The summed E-state index contributed by atoms with van der Waals surface area (Å²) in [6.45, 7) is 0. The molecule has 0 heterocycles. The number of carboxylic acid groups (broad SMARTS) is 1. The lowest BCUT2D eigenvalue weighted by molar-refractivity contribution is -0.137. The molecule has 8 heteroatoms. The average molecular weight is 383 g/mol. The topological polar surface area (TPSA) is 61.7 Å². The van der Waals surface area contributed by atoms with Crippen molar-refractivity contribution in [1.29, 1.82) is 0 Å². The monoisotopic (exact) mass is 382 g/mol. The molecule has 136 valence electrons. The number of rotatable bonds is 4. The minimum absolute atomic E-state index is 0.135. The maximum Gasteiger partial charge on any atom is 0.416 e. The predicted octanol–water partition coefficient (Wildman–Crippen LogP) is 4.69. The van der Waals surface area contributed by atoms with Crippen LogP contribution in [0.25, 0.3) is 6.08 Å². The highest BCUT2D eigenvalue weighted by Gasteiger charge is 2.30. The molecule has 2 aromatic rings. The number of hydrogen-bond donors (Lipinski definition) is 2. The summed E-state index contributed by atoms with van der Waals surface area (Å²) in [7, 11) is 1.53. The highest BCUT2D eigenvalue weighted by Crippen LogP contribution is 2.32. The van der Waals surface area contributed by atoms with E-state index in [2.05, 4.69) is 10.3 Å². The van der Waals surface area contributed by atoms with Gasteiger partial charge in [0.25, 0.3) is 0 Å². The van der Waals surface area contributed by atoms with Crippen LogP contribution >= 0.6 is 11.6 Å². The Morgan fingerprint density at radius 1 is 1.15 bits per heavy atom. The number of carboxylic acids is 1. The van der Waals surface area contributed by atoms with Gasteiger partial charge in [-0.3, -0.25) is 4.99 Å². The molecule has 0 bridgehead atoms. The minimum Gasteiger partial charge on any atom is -0.478 e. The van der Waals surface area contributed by atoms with Crippen molar-refractivity contribution in [2.75, 3.05) is 7.05 Å². The van der Waals surface area contributed by atoms with E-state index >= 15 is 0 Å². The van der Waals surface area contributed by atoms with Gasteiger partial charge in [-0.2, -0.15) is 13.2 Å². The van der Waals surface area contributed by atoms with Gasteiger partial charge in [0, 0.05) is 23.8 Å². The fourth-order valence-electron chi connectivity index (χ4n) is 2.11. The third-order valence-electron chi connectivity index (χ3n) is 3.44. The summed E-state index contributed by atoms with van der Waals surface area (Å²) < 4.78 is 38.3. The Labute approximate surface area is 152 Å². The Kier molecular flexibility index (Phi) is 6.05. The number of carbonyl (C=O) groups is 1. The summed E-state index contributed by atoms with van der Waals surface area (Å²) in [5, 5.41) is 11.9. The van der Waals surface area contributed by atoms with Gasteiger partial charge >= 0.3 is 12.1 Å². The van der Waals surface area contributed by atoms with E-state index in [1.807, 2.05) is 0 Å². The van der Waals surface area contributed by atoms with Gasteiger partial charge in [0.05, 0.1) is 11.1 Å². The molecule has 0 aromatic heterocycles. The SMILES string of the molecule is CN=C(N/C=C/c1cc(C(F)(F)F)ccc1Cl)c1ccc(C(=O)O)cc1. The maximum atomic E-state index is 12.8. The molecule has 0 amide bonds. The molecule has 2 aromatic carbocycles. The lowest BCUT2D eigenvalue weighted by atomic mass is 10.1. The smallest absolute Gasteiger partial charge is 0.416 e. The van der Waals surface area contributed by atoms with Crippen molar-refractivity contribution in [2.24, 2.45) is 4.99 Å². The predicted molar refractivity (Wildman–Crippen MR) is 94.5 cm³/mol. The van der Waals surface area contributed by atoms with Crippen LogP contribution in [-0.4, -0.2) is 24.0 Å². The molecule has 0 fully saturated rings. The zero-order valence-corrected chi connectivity index (χ0v) is 14.3. The van der Waals surface area contributed by atoms with Gasteiger partial charge in [-0.1, -0.05) is 23.7 Å². The number of aromatic carboxylic acids is 1. The Bertz CT molecular complexity index is 860. The van der Waals surface area contributed by atoms with Crippen LogP contribution < -0.4 is 5.32 Å². The van der Waals surface area contributed by atoms with Gasteiger partial charge in [0.1, 0.15) is 5.84 Å². The van der Waals surface area contributed by atoms with E-state index in [0.717, 1.165) is 12.1 Å². The average Bonchev–Trinajstić information content (AvgIpc) is 2.59. The minimum atomic E-state index is -4.46. The molecule has 0 saturated heterocycles. The fraction of sp³-hybridized carbons (Fsp3) is 0.111. The van der Waals surface area contributed by atoms with Gasteiger partial charge in [-0.15, -0.1) is 0 Å². The number of amidine groups is 1. The normalized spacial score (nSPS) is 12.4. The van der Waals surface area contributed by atoms with Crippen LogP contribution in [0.3, 0.4) is 0 Å². The molecule has 4 nitrogen and oxygen atoms in total. The lowest BCUT2D eigenvalue weighted by Crippen LogP contribution is -2.18. The summed E-state index contributed by atoms with van der Waals surface area (Å²) in [5.41, 5.74) is 0.161. The molecule has 0 spiro atoms. The van der Waals surface area contributed by atoms with Crippen LogP contribution in [-0.2, 0) is 6.18 Å². The van der Waals surface area contributed by atoms with Crippen molar-refractivity contribution in [2.45, 2.75) is 6.18 Å². The number of benzene rings is 2. The molecule has 0 unspecified atom stereocenters. The third kappa shape index (κ3) is 4.86. The van der Waals surface area contributed by atoms with E-state index in [1.165, 1.54) is 37.5 Å². The van der Waals surface area contributed by atoms with Crippen LogP contribution in [0, 0.1) is 0 Å². The zero-order chi connectivity index (χ0) is 19.3. The van der Waals surface area contributed by atoms with Crippen LogP contribution in [0.4, 0.5) is 13.2 Å². The Hall–Kier alpha value is -2.80. The first kappa shape index (κ1) is 19.5. The third-order valence-corrected chi connectivity index (χ3v) is 3.78. The molecular formula is C18H14ClF3N2O2. The summed E-state index contributed by atoms with van der Waals surface area (Å²) in [5.74, 6) is -0.625. The van der Waals surface area contributed by atoms with Gasteiger partial charge in [-0.05, 0) is 42.0 Å². The molecule has 0 atom stereocenters. The van der Waals surface area contributed by atoms with E-state index in [1.54, 1.807) is 12.1 Å². The first-order valence-electron chi connectivity index (χ1n) is 7.32. The Morgan fingerprint density at radius 3 is 2.31 bits per heavy atom. The standard InChI is InChI=1S/C18H14ClF3N2O2/c1-23-16(11-2-4-12(5-3-11)17(25)26)24-9-8-13-10-14(18(20,21)22)6-7-15(13)19/h2-10H,1H3,(H,23,24)(H,25,26)/b9-8+. The number of nitrogens with zero attached hydrogens (tertiary/aromatic N) is 1. The first-order chi connectivity index (χ1) is 12.2. The molecule has 0 aliphatic rings. The van der Waals surface area contributed by atoms with Crippen LogP contribution in [0.5, 0.6) is 0 Å². The fourth-order valence-corrected chi connectivity index (χ4v) is 2.29. The van der Waals surface area contributed by atoms with Crippen molar-refractivity contribution in [1.82, 2.24) is 5.32 Å². The summed E-state index contributed by atoms with van der Waals surface area (Å²) >= 11 is 5.93. The van der Waals surface area contributed by atoms with Gasteiger partial charge in [0.15, 0.2) is 0 Å². The van der Waals surface area contributed by atoms with E-state index in [9.17, 15) is 18.0 Å². The maximum absolute atomic E-state index is 12.8. The van der Waals surface area contributed by atoms with Crippen molar-refractivity contribution in [3.05, 3.63) is 75.9 Å². The molecule has 2 N–H and O–H groups in total. The number of aliphatic imine (C=N–C) groups is 1. The second kappa shape index (κ2) is 8.05. The number of halogens is 4. The van der Waals surface area contributed by atoms with Crippen LogP contribution in [0.1, 0.15) is 27.0 Å². The van der Waals surface area contributed by atoms with E-state index < -0.39 is 17.7 Å². The van der Waals surface area contributed by atoms with E-state index in [-0.39, 0.29) is 16.1 Å². The Balaban J connectivity index is 2.17. The number of alkyl halides is 3. The van der Waals surface area contributed by atoms with Gasteiger partial charge in [0.2, 0.25) is 0 Å². The lowest BCUT2D eigenvalue weighted by Gasteiger charge is -2.09. The zero-order valence-electron chi connectivity index (χ0n) is 13.5. The Morgan fingerprint density at radius 2 is 1.77 bits per heavy atom. The molecule has 2 rings (SSSR count). The van der Waals surface area contributed by atoms with E-state index in [0.29, 0.717) is 11.4 Å². The van der Waals surface area contributed by atoms with Crippen LogP contribution in [0.15, 0.2) is 53.7 Å². The summed E-state index contributed by atoms with van der Waals surface area (Å²) in [6, 6.07) is 9.05. The van der Waals surface area contributed by atoms with Crippen LogP contribution in [0.2, 0.25) is 5.02 Å². The summed E-state index contributed by atoms with van der Waals surface area (Å²) in [6.07, 6.45) is -1.65. The molecule has 0 saturated carbocycles. The molecular weight excluding hydrogens is 369 g/mol. The van der Waals surface area contributed by atoms with Crippen molar-refractivity contribution in [3.63, 3.8) is 0 Å². The summed E-state index contributed by atoms with van der Waals surface area (Å²) in [4.78, 5) is 14.9. The number of hydrogen-bond acceptors (Lipinski definition) is 2. The second-order valence-corrected chi connectivity index (χ2v) is 5.57. The number of nitrogens with one attached hydrogen (secondary N) is 1. The largest absolute Gasteiger partial charge is 0.478 e. The van der Waals surface area contributed by atoms with Crippen molar-refractivity contribution >= 4 is 29.5 Å². The van der Waals surface area contributed by atoms with Crippen molar-refractivity contribution < 1.29 is 23.1 Å². The molecule has 0 aliphatic carbocycles. The molecule has 0 radical (unpaired) electrons. The molecule has 26 heavy (non-hydrogen) atoms. The van der Waals surface area contributed by atoms with Gasteiger partial charge in [-0.25, -0.2) is 4.79 Å².